The molecule has 13 heteroatoms. The molecule has 1 fully saturated rings. The van der Waals surface area contributed by atoms with Crippen LogP contribution in [0.1, 0.15) is 67.8 Å². The Hall–Kier alpha value is -5.59. The summed E-state index contributed by atoms with van der Waals surface area (Å²) in [4.78, 5) is 57.0. The van der Waals surface area contributed by atoms with Crippen molar-refractivity contribution in [1.82, 2.24) is 10.2 Å². The number of amides is 1. The smallest absolute Gasteiger partial charge is 0.338 e. The molecule has 1 amide bonds. The van der Waals surface area contributed by atoms with E-state index in [0.29, 0.717) is 0 Å². The molecule has 0 saturated carbocycles. The number of esters is 1. The molecule has 4 rings (SSSR count). The molecule has 13 nitrogen and oxygen atoms in total. The Morgan fingerprint density at radius 3 is 2.11 bits per heavy atom. The number of benzene rings is 3. The third-order valence-electron chi connectivity index (χ3n) is 6.67. The van der Waals surface area contributed by atoms with E-state index in [9.17, 15) is 44.7 Å². The minimum atomic E-state index is -1.52. The molecule has 3 aromatic rings. The molecule has 6 N–H and O–H groups in total. The van der Waals surface area contributed by atoms with E-state index >= 15 is 0 Å². The van der Waals surface area contributed by atoms with Gasteiger partial charge in [0.1, 0.15) is 34.7 Å². The summed E-state index contributed by atoms with van der Waals surface area (Å²) in [5, 5.41) is 53.2. The number of carbonyl (C=O) groups excluding carboxylic acids is 3. The second-order valence-corrected chi connectivity index (χ2v) is 11.2. The molecule has 44 heavy (non-hydrogen) atoms. The molecule has 0 aromatic heterocycles. The van der Waals surface area contributed by atoms with Gasteiger partial charge < -0.3 is 40.5 Å². The minimum Gasteiger partial charge on any atom is -0.508 e. The van der Waals surface area contributed by atoms with Crippen LogP contribution in [-0.2, 0) is 4.74 Å². The highest BCUT2D eigenvalue weighted by atomic mass is 16.5. The van der Waals surface area contributed by atoms with Crippen molar-refractivity contribution in [3.8, 4) is 23.0 Å². The van der Waals surface area contributed by atoms with Gasteiger partial charge in [0.05, 0.1) is 41.2 Å². The van der Waals surface area contributed by atoms with Crippen molar-refractivity contribution in [1.29, 1.82) is 0 Å². The first-order chi connectivity index (χ1) is 20.6. The zero-order valence-electron chi connectivity index (χ0n) is 24.0. The van der Waals surface area contributed by atoms with Gasteiger partial charge >= 0.3 is 11.9 Å². The first kappa shape index (κ1) is 31.3. The van der Waals surface area contributed by atoms with Gasteiger partial charge in [0.15, 0.2) is 0 Å². The fraction of sp³-hybridized carbons (Fsp3) is 0.258. The fourth-order valence-corrected chi connectivity index (χ4v) is 4.52. The number of carboxylic acid groups (broad SMARTS) is 1. The zero-order valence-corrected chi connectivity index (χ0v) is 24.0. The Labute approximate surface area is 251 Å². The summed E-state index contributed by atoms with van der Waals surface area (Å²) in [5.74, 6) is -6.58. The number of carboxylic acids is 1. The Balaban J connectivity index is 1.58. The Bertz CT molecular complexity index is 1620. The van der Waals surface area contributed by atoms with E-state index in [1.54, 1.807) is 11.2 Å². The average molecular weight is 606 g/mol. The maximum Gasteiger partial charge on any atom is 0.338 e. The third kappa shape index (κ3) is 7.06. The lowest BCUT2D eigenvalue weighted by atomic mass is 9.95. The van der Waals surface area contributed by atoms with E-state index in [1.807, 2.05) is 20.8 Å². The van der Waals surface area contributed by atoms with Crippen LogP contribution < -0.4 is 5.32 Å². The number of ketones is 1. The van der Waals surface area contributed by atoms with Crippen molar-refractivity contribution < 1.29 is 49.4 Å². The zero-order chi connectivity index (χ0) is 32.3. The van der Waals surface area contributed by atoms with E-state index in [0.717, 1.165) is 24.3 Å². The molecule has 3 aromatic carbocycles. The van der Waals surface area contributed by atoms with Gasteiger partial charge in [-0.25, -0.2) is 9.59 Å². The summed E-state index contributed by atoms with van der Waals surface area (Å²) >= 11 is 0. The summed E-state index contributed by atoms with van der Waals surface area (Å²) in [5.41, 5.74) is -2.40. The van der Waals surface area contributed by atoms with Crippen molar-refractivity contribution in [3.63, 3.8) is 0 Å². The number of likely N-dealkylation sites (tertiary alicyclic amines) is 1. The van der Waals surface area contributed by atoms with Gasteiger partial charge in [-0.3, -0.25) is 14.6 Å². The third-order valence-corrected chi connectivity index (χ3v) is 6.67. The highest BCUT2D eigenvalue weighted by Gasteiger charge is 2.37. The van der Waals surface area contributed by atoms with Gasteiger partial charge in [0.25, 0.3) is 5.91 Å². The Morgan fingerprint density at radius 2 is 1.52 bits per heavy atom. The van der Waals surface area contributed by atoms with Gasteiger partial charge in [0, 0.05) is 12.1 Å². The summed E-state index contributed by atoms with van der Waals surface area (Å²) < 4.78 is 5.67. The van der Waals surface area contributed by atoms with Crippen LogP contribution in [0.25, 0.3) is 0 Å². The monoisotopic (exact) mass is 605 g/mol. The van der Waals surface area contributed by atoms with Gasteiger partial charge in [-0.15, -0.1) is 0 Å². The normalized spacial score (nSPS) is 16.6. The summed E-state index contributed by atoms with van der Waals surface area (Å²) in [7, 11) is 0. The van der Waals surface area contributed by atoms with Gasteiger partial charge in [-0.05, 0) is 69.3 Å². The highest BCUT2D eigenvalue weighted by molar-refractivity contribution is 6.18. The fourth-order valence-electron chi connectivity index (χ4n) is 4.52. The molecule has 1 aliphatic heterocycles. The van der Waals surface area contributed by atoms with Crippen LogP contribution in [0.4, 0.5) is 0 Å². The topological polar surface area (TPSA) is 206 Å². The maximum atomic E-state index is 13.2. The quantitative estimate of drug-likeness (QED) is 0.0952. The molecule has 2 unspecified atom stereocenters. The summed E-state index contributed by atoms with van der Waals surface area (Å²) in [6, 6.07) is 9.98. The number of hydrogen-bond donors (Lipinski definition) is 6. The predicted molar refractivity (Wildman–Crippen MR) is 157 cm³/mol. The molecule has 0 radical (unpaired) electrons. The lowest BCUT2D eigenvalue weighted by Crippen LogP contribution is -2.44. The van der Waals surface area contributed by atoms with Gasteiger partial charge in [-0.1, -0.05) is 6.07 Å². The van der Waals surface area contributed by atoms with E-state index in [-0.39, 0.29) is 30.0 Å². The van der Waals surface area contributed by atoms with Crippen LogP contribution >= 0.6 is 0 Å². The maximum absolute atomic E-state index is 13.2. The van der Waals surface area contributed by atoms with E-state index in [2.05, 4.69) is 10.3 Å². The molecule has 1 heterocycles. The minimum absolute atomic E-state index is 0.0130. The lowest BCUT2D eigenvalue weighted by molar-refractivity contribution is 0.0274. The summed E-state index contributed by atoms with van der Waals surface area (Å²) in [6.07, 6.45) is 0.690. The number of ether oxygens (including phenoxy) is 1. The van der Waals surface area contributed by atoms with Crippen molar-refractivity contribution in [2.45, 2.75) is 38.5 Å². The van der Waals surface area contributed by atoms with Crippen molar-refractivity contribution in [3.05, 3.63) is 82.4 Å². The Kier molecular flexibility index (Phi) is 8.79. The largest absolute Gasteiger partial charge is 0.508 e. The molecule has 0 aliphatic carbocycles. The lowest BCUT2D eigenvalue weighted by Gasteiger charge is -2.20. The van der Waals surface area contributed by atoms with Crippen LogP contribution in [0.3, 0.4) is 0 Å². The molecule has 1 saturated heterocycles. The number of aliphatic imine (C=N–C) groups is 1. The molecule has 1 aliphatic rings. The molecule has 0 spiro atoms. The van der Waals surface area contributed by atoms with Gasteiger partial charge in [-0.2, -0.15) is 0 Å². The van der Waals surface area contributed by atoms with Crippen LogP contribution in [0.5, 0.6) is 23.0 Å². The number of carbonyl (C=O) groups is 4. The van der Waals surface area contributed by atoms with Crippen LogP contribution in [0.15, 0.2) is 59.6 Å². The number of phenolic OH excluding ortho intramolecular Hbond substituents is 4. The highest BCUT2D eigenvalue weighted by Crippen LogP contribution is 2.35. The van der Waals surface area contributed by atoms with Crippen LogP contribution in [-0.4, -0.2) is 91.2 Å². The van der Waals surface area contributed by atoms with E-state index in [1.165, 1.54) is 30.3 Å². The second kappa shape index (κ2) is 12.3. The number of nitrogens with zero attached hydrogens (tertiary/aromatic N) is 2. The van der Waals surface area contributed by atoms with E-state index < -0.39 is 75.3 Å². The number of rotatable bonds is 8. The first-order valence-corrected chi connectivity index (χ1v) is 13.4. The first-order valence-electron chi connectivity index (χ1n) is 13.4. The van der Waals surface area contributed by atoms with Crippen molar-refractivity contribution in [2.75, 3.05) is 13.1 Å². The second-order valence-electron chi connectivity index (χ2n) is 11.2. The Morgan fingerprint density at radius 1 is 0.886 bits per heavy atom. The molecule has 230 valence electrons. The number of aromatic carboxylic acids is 1. The summed E-state index contributed by atoms with van der Waals surface area (Å²) in [6.45, 7) is 6.08. The van der Waals surface area contributed by atoms with Gasteiger partial charge in [0.2, 0.25) is 5.78 Å². The number of hydrogen-bond acceptors (Lipinski definition) is 10. The molecular weight excluding hydrogens is 574 g/mol. The average Bonchev–Trinajstić information content (AvgIpc) is 3.31. The van der Waals surface area contributed by atoms with Crippen molar-refractivity contribution >= 4 is 30.0 Å². The predicted octanol–water partition coefficient (Wildman–Crippen LogP) is 2.90. The standard InChI is InChI=1S/C31H31N3O10/c1-31(2,3)32-15-34-13-20(33-28(40)16-7-9-18(35)10-8-16)24(14-34)44-30(43)17-11-22(37)26(23(38)12-17)27(39)25-19(29(41)42)5-4-6-21(25)36/h4-12,15,20,24,35-38H,13-14H2,1-3H3,(H,33,40)(H,41,42). The van der Waals surface area contributed by atoms with Crippen LogP contribution in [0, 0.1) is 0 Å². The van der Waals surface area contributed by atoms with E-state index in [4.69, 9.17) is 4.74 Å². The van der Waals surface area contributed by atoms with Crippen LogP contribution in [0.2, 0.25) is 0 Å². The number of nitrogens with one attached hydrogen (secondary N) is 1. The molecular formula is C31H31N3O10. The molecule has 0 bridgehead atoms. The van der Waals surface area contributed by atoms with Crippen molar-refractivity contribution in [2.24, 2.45) is 4.99 Å². The number of phenols is 4. The molecule has 2 atom stereocenters. The number of aromatic hydroxyl groups is 4. The SMILES string of the molecule is CC(C)(C)N=CN1CC(NC(=O)c2ccc(O)cc2)C(OC(=O)c2cc(O)c(C(=O)c3c(O)cccc3C(=O)O)c(O)c2)C1.